The van der Waals surface area contributed by atoms with Crippen LogP contribution in [0.5, 0.6) is 5.75 Å². The van der Waals surface area contributed by atoms with E-state index >= 15 is 0 Å². The molecule has 2 aromatic carbocycles. The van der Waals surface area contributed by atoms with Gasteiger partial charge in [-0.25, -0.2) is 0 Å². The number of nitrogens with zero attached hydrogens (tertiary/aromatic N) is 1. The molecular weight excluding hydrogens is 297 g/mol. The van der Waals surface area contributed by atoms with E-state index in [4.69, 9.17) is 4.65 Å². The maximum Gasteiger partial charge on any atom is 0.361 e. The van der Waals surface area contributed by atoms with E-state index < -0.39 is 0 Å². The second-order valence-corrected chi connectivity index (χ2v) is 6.66. The second kappa shape index (κ2) is 8.36. The molecule has 0 atom stereocenters. The molecule has 2 aromatic rings. The number of likely N-dealkylation sites (tertiary alicyclic amines) is 1. The summed E-state index contributed by atoms with van der Waals surface area (Å²) in [5, 5.41) is 9.54. The van der Waals surface area contributed by atoms with Crippen LogP contribution in [0.25, 0.3) is 0 Å². The van der Waals surface area contributed by atoms with Crippen molar-refractivity contribution in [1.29, 1.82) is 0 Å². The van der Waals surface area contributed by atoms with E-state index in [0.717, 1.165) is 24.1 Å². The average Bonchev–Trinajstić information content (AvgIpc) is 2.62. The van der Waals surface area contributed by atoms with Gasteiger partial charge in [0.15, 0.2) is 0 Å². The second-order valence-electron chi connectivity index (χ2n) is 6.66. The van der Waals surface area contributed by atoms with Crippen molar-refractivity contribution < 1.29 is 9.76 Å². The van der Waals surface area contributed by atoms with E-state index in [1.54, 1.807) is 12.1 Å². The molecule has 1 N–H and O–H groups in total. The van der Waals surface area contributed by atoms with Crippen molar-refractivity contribution in [3.05, 3.63) is 54.1 Å². The Labute approximate surface area is 145 Å². The molecule has 24 heavy (non-hydrogen) atoms. The third-order valence-corrected chi connectivity index (χ3v) is 4.72. The minimum absolute atomic E-state index is 0.0870. The molecule has 0 unspecified atom stereocenters. The van der Waals surface area contributed by atoms with E-state index in [1.165, 1.54) is 37.9 Å². The summed E-state index contributed by atoms with van der Waals surface area (Å²) in [6.45, 7) is 6.10. The summed E-state index contributed by atoms with van der Waals surface area (Å²) in [7, 11) is 0. The van der Waals surface area contributed by atoms with Gasteiger partial charge in [0.1, 0.15) is 5.75 Å². The maximum absolute atomic E-state index is 9.54. The van der Waals surface area contributed by atoms with Gasteiger partial charge in [0.2, 0.25) is 0 Å². The lowest BCUT2D eigenvalue weighted by atomic mass is 9.55. The summed E-state index contributed by atoms with van der Waals surface area (Å²) in [6, 6.07) is 15.9. The lowest BCUT2D eigenvalue weighted by Crippen LogP contribution is -2.46. The van der Waals surface area contributed by atoms with Crippen molar-refractivity contribution in [2.75, 3.05) is 26.2 Å². The monoisotopic (exact) mass is 323 g/mol. The highest BCUT2D eigenvalue weighted by Gasteiger charge is 2.22. The normalized spacial score (nSPS) is 15.4. The first-order valence-electron chi connectivity index (χ1n) is 8.92. The van der Waals surface area contributed by atoms with Gasteiger partial charge in [0.25, 0.3) is 0 Å². The third-order valence-electron chi connectivity index (χ3n) is 4.72. The van der Waals surface area contributed by atoms with Crippen molar-refractivity contribution in [2.24, 2.45) is 0 Å². The summed E-state index contributed by atoms with van der Waals surface area (Å²) >= 11 is 0. The Balaban J connectivity index is 1.69. The van der Waals surface area contributed by atoms with Gasteiger partial charge in [0.05, 0.1) is 0 Å². The Kier molecular flexibility index (Phi) is 5.94. The number of piperidine rings is 1. The molecule has 126 valence electrons. The Hall–Kier alpha value is -1.78. The zero-order valence-corrected chi connectivity index (χ0v) is 14.4. The highest BCUT2D eigenvalue weighted by atomic mass is 16.4. The minimum atomic E-state index is -0.0870. The quantitative estimate of drug-likeness (QED) is 0.828. The molecule has 4 heteroatoms. The van der Waals surface area contributed by atoms with E-state index in [9.17, 15) is 5.11 Å². The van der Waals surface area contributed by atoms with Gasteiger partial charge in [0, 0.05) is 13.2 Å². The van der Waals surface area contributed by atoms with Crippen LogP contribution in [0.4, 0.5) is 0 Å². The van der Waals surface area contributed by atoms with Crippen molar-refractivity contribution in [3.8, 4) is 5.75 Å². The van der Waals surface area contributed by atoms with Gasteiger partial charge < -0.3 is 14.7 Å². The van der Waals surface area contributed by atoms with Gasteiger partial charge in [-0.05, 0) is 55.9 Å². The van der Waals surface area contributed by atoms with Crippen LogP contribution in [-0.4, -0.2) is 43.2 Å². The molecule has 3 rings (SSSR count). The first-order valence-corrected chi connectivity index (χ1v) is 8.92. The Morgan fingerprint density at radius 3 is 2.12 bits per heavy atom. The molecule has 1 saturated heterocycles. The van der Waals surface area contributed by atoms with Crippen molar-refractivity contribution in [2.45, 2.75) is 26.2 Å². The first-order chi connectivity index (χ1) is 11.7. The summed E-state index contributed by atoms with van der Waals surface area (Å²) in [5.41, 5.74) is 3.48. The van der Waals surface area contributed by atoms with Crippen molar-refractivity contribution >= 4 is 17.8 Å². The molecular formula is C20H26BNO2. The molecule has 1 aliphatic heterocycles. The van der Waals surface area contributed by atoms with Gasteiger partial charge in [-0.15, -0.1) is 0 Å². The number of phenolic OH excluding ortho intramolecular Hbond substituents is 1. The van der Waals surface area contributed by atoms with Crippen molar-refractivity contribution in [1.82, 2.24) is 4.90 Å². The largest absolute Gasteiger partial charge is 0.508 e. The predicted octanol–water partition coefficient (Wildman–Crippen LogP) is 2.31. The van der Waals surface area contributed by atoms with Crippen LogP contribution in [-0.2, 0) is 4.65 Å². The number of aromatic hydroxyl groups is 1. The van der Waals surface area contributed by atoms with Crippen LogP contribution in [0.15, 0.2) is 48.5 Å². The summed E-state index contributed by atoms with van der Waals surface area (Å²) in [4.78, 5) is 2.49. The van der Waals surface area contributed by atoms with E-state index in [2.05, 4.69) is 36.1 Å². The Bertz CT molecular complexity index is 576. The van der Waals surface area contributed by atoms with Crippen LogP contribution in [0.2, 0.25) is 0 Å². The molecule has 3 nitrogen and oxygen atoms in total. The lowest BCUT2D eigenvalue weighted by Gasteiger charge is -2.27. The Morgan fingerprint density at radius 2 is 1.50 bits per heavy atom. The SMILES string of the molecule is Cc1ccc(B(OCCN2CCCCC2)c2ccc(O)cc2)cc1. The molecule has 0 spiro atoms. The summed E-state index contributed by atoms with van der Waals surface area (Å²) in [6.07, 6.45) is 3.97. The molecule has 0 aliphatic carbocycles. The van der Waals surface area contributed by atoms with E-state index in [1.807, 2.05) is 12.1 Å². The van der Waals surface area contributed by atoms with Gasteiger partial charge in [-0.3, -0.25) is 0 Å². The predicted molar refractivity (Wildman–Crippen MR) is 101 cm³/mol. The molecule has 0 aromatic heterocycles. The minimum Gasteiger partial charge on any atom is -0.508 e. The topological polar surface area (TPSA) is 32.7 Å². The zero-order valence-electron chi connectivity index (χ0n) is 14.4. The fourth-order valence-corrected chi connectivity index (χ4v) is 3.26. The maximum atomic E-state index is 9.54. The summed E-state index contributed by atoms with van der Waals surface area (Å²) < 4.78 is 6.27. The van der Waals surface area contributed by atoms with E-state index in [-0.39, 0.29) is 12.7 Å². The number of hydrogen-bond donors (Lipinski definition) is 1. The van der Waals surface area contributed by atoms with Gasteiger partial charge in [-0.1, -0.05) is 48.4 Å². The van der Waals surface area contributed by atoms with Gasteiger partial charge in [-0.2, -0.15) is 0 Å². The highest BCUT2D eigenvalue weighted by molar-refractivity contribution is 6.80. The number of benzene rings is 2. The Morgan fingerprint density at radius 1 is 0.917 bits per heavy atom. The highest BCUT2D eigenvalue weighted by Crippen LogP contribution is 2.09. The molecule has 0 saturated carbocycles. The zero-order chi connectivity index (χ0) is 16.8. The fourth-order valence-electron chi connectivity index (χ4n) is 3.26. The summed E-state index contributed by atoms with van der Waals surface area (Å²) in [5.74, 6) is 0.287. The van der Waals surface area contributed by atoms with Crippen LogP contribution >= 0.6 is 0 Å². The van der Waals surface area contributed by atoms with E-state index in [0.29, 0.717) is 0 Å². The average molecular weight is 323 g/mol. The van der Waals surface area contributed by atoms with Crippen LogP contribution in [0.1, 0.15) is 24.8 Å². The third kappa shape index (κ3) is 4.62. The van der Waals surface area contributed by atoms with Gasteiger partial charge >= 0.3 is 6.92 Å². The number of aryl methyl sites for hydroxylation is 1. The van der Waals surface area contributed by atoms with Crippen LogP contribution in [0, 0.1) is 6.92 Å². The molecule has 0 bridgehead atoms. The lowest BCUT2D eigenvalue weighted by molar-refractivity contribution is 0.186. The standard InChI is InChI=1S/C20H26BNO2/c1-17-5-7-18(8-6-17)21(19-9-11-20(23)12-10-19)24-16-15-22-13-3-2-4-14-22/h5-12,23H,2-4,13-16H2,1H3. The molecule has 1 aliphatic rings. The van der Waals surface area contributed by atoms with Crippen molar-refractivity contribution in [3.63, 3.8) is 0 Å². The number of rotatable bonds is 6. The smallest absolute Gasteiger partial charge is 0.361 e. The van der Waals surface area contributed by atoms with Crippen LogP contribution < -0.4 is 10.9 Å². The first kappa shape index (κ1) is 17.1. The molecule has 0 radical (unpaired) electrons. The van der Waals surface area contributed by atoms with Crippen LogP contribution in [0.3, 0.4) is 0 Å². The fraction of sp³-hybridized carbons (Fsp3) is 0.400. The number of hydrogen-bond acceptors (Lipinski definition) is 3. The molecule has 1 fully saturated rings. The molecule has 1 heterocycles. The number of phenols is 1. The molecule has 0 amide bonds.